The number of rotatable bonds is 5. The van der Waals surface area contributed by atoms with Crippen LogP contribution in [0.25, 0.3) is 0 Å². The van der Waals surface area contributed by atoms with Crippen molar-refractivity contribution >= 4 is 11.6 Å². The second-order valence-electron chi connectivity index (χ2n) is 7.04. The van der Waals surface area contributed by atoms with Crippen LogP contribution in [0.4, 0.5) is 5.69 Å². The topological polar surface area (TPSA) is 48.0 Å². The van der Waals surface area contributed by atoms with Gasteiger partial charge in [-0.25, -0.2) is 0 Å². The van der Waals surface area contributed by atoms with Crippen molar-refractivity contribution in [2.45, 2.75) is 39.0 Å². The molecule has 1 fully saturated rings. The van der Waals surface area contributed by atoms with Gasteiger partial charge < -0.3 is 19.1 Å². The van der Waals surface area contributed by atoms with Crippen molar-refractivity contribution in [3.05, 3.63) is 59.2 Å². The lowest BCUT2D eigenvalue weighted by Crippen LogP contribution is -2.47. The molecule has 1 spiro atoms. The fourth-order valence-corrected chi connectivity index (χ4v) is 3.68. The molecule has 1 amide bonds. The smallest absolute Gasteiger partial charge is 0.292 e. The monoisotopic (exact) mass is 367 g/mol. The van der Waals surface area contributed by atoms with E-state index in [0.717, 1.165) is 41.0 Å². The van der Waals surface area contributed by atoms with Crippen LogP contribution in [0.15, 0.2) is 42.5 Å². The van der Waals surface area contributed by atoms with Crippen LogP contribution >= 0.6 is 0 Å². The van der Waals surface area contributed by atoms with Gasteiger partial charge in [-0.1, -0.05) is 36.8 Å². The third kappa shape index (κ3) is 3.11. The second kappa shape index (κ2) is 7.33. The normalized spacial score (nSPS) is 18.0. The highest BCUT2D eigenvalue weighted by atomic mass is 16.7. The molecule has 5 heteroatoms. The van der Waals surface area contributed by atoms with Crippen molar-refractivity contribution in [3.63, 3.8) is 0 Å². The number of amides is 1. The summed E-state index contributed by atoms with van der Waals surface area (Å²) in [6.07, 6.45) is 1.73. The van der Waals surface area contributed by atoms with Gasteiger partial charge in [0, 0.05) is 11.1 Å². The molecule has 2 aliphatic heterocycles. The fourth-order valence-electron chi connectivity index (χ4n) is 3.68. The molecule has 5 nitrogen and oxygen atoms in total. The number of benzene rings is 2. The number of carbonyl (C=O) groups is 1. The van der Waals surface area contributed by atoms with Crippen molar-refractivity contribution in [1.29, 1.82) is 0 Å². The van der Waals surface area contributed by atoms with Gasteiger partial charge in [-0.3, -0.25) is 4.79 Å². The molecule has 2 heterocycles. The van der Waals surface area contributed by atoms with Crippen LogP contribution in [0, 0.1) is 6.92 Å². The molecule has 2 aromatic rings. The largest absolute Gasteiger partial charge is 0.493 e. The molecule has 0 aromatic heterocycles. The average molecular weight is 367 g/mol. The lowest BCUT2D eigenvalue weighted by molar-refractivity contribution is -0.256. The van der Waals surface area contributed by atoms with Crippen LogP contribution < -0.4 is 9.64 Å². The molecule has 0 aliphatic carbocycles. The maximum atomic E-state index is 13.4. The number of fused-ring (bicyclic) bond motifs is 2. The zero-order valence-electron chi connectivity index (χ0n) is 15.9. The Hall–Kier alpha value is -2.37. The minimum atomic E-state index is -1.31. The van der Waals surface area contributed by atoms with Crippen molar-refractivity contribution in [1.82, 2.24) is 0 Å². The number of nitrogens with zero attached hydrogens (tertiary/aromatic N) is 1. The molecule has 0 bridgehead atoms. The van der Waals surface area contributed by atoms with Crippen molar-refractivity contribution < 1.29 is 19.0 Å². The van der Waals surface area contributed by atoms with E-state index in [1.165, 1.54) is 0 Å². The molecular weight excluding hydrogens is 342 g/mol. The van der Waals surface area contributed by atoms with Crippen LogP contribution in [-0.4, -0.2) is 25.7 Å². The lowest BCUT2D eigenvalue weighted by Gasteiger charge is -2.32. The van der Waals surface area contributed by atoms with Crippen molar-refractivity contribution in [3.8, 4) is 5.75 Å². The van der Waals surface area contributed by atoms with E-state index in [1.807, 2.05) is 49.4 Å². The van der Waals surface area contributed by atoms with Gasteiger partial charge >= 0.3 is 0 Å². The number of hydrogen-bond donors (Lipinski definition) is 0. The van der Waals surface area contributed by atoms with Crippen molar-refractivity contribution in [2.24, 2.45) is 0 Å². The quantitative estimate of drug-likeness (QED) is 0.804. The Balaban J connectivity index is 1.71. The third-order valence-electron chi connectivity index (χ3n) is 4.99. The molecule has 27 heavy (non-hydrogen) atoms. The standard InChI is InChI=1S/C22H25NO4/c1-3-11-25-20-8-5-4-7-17(20)15-23-19-10-9-16(2)14-18(19)22(21(23)24)26-12-6-13-27-22/h4-5,7-10,14H,3,6,11-13,15H2,1-2H3. The van der Waals surface area contributed by atoms with Crippen LogP contribution in [0.1, 0.15) is 36.5 Å². The summed E-state index contributed by atoms with van der Waals surface area (Å²) in [6, 6.07) is 13.9. The predicted octanol–water partition coefficient (Wildman–Crippen LogP) is 3.92. The average Bonchev–Trinajstić information content (AvgIpc) is 2.90. The summed E-state index contributed by atoms with van der Waals surface area (Å²) in [5.74, 6) is -0.654. The molecule has 0 radical (unpaired) electrons. The summed E-state index contributed by atoms with van der Waals surface area (Å²) >= 11 is 0. The van der Waals surface area contributed by atoms with Gasteiger partial charge in [-0.2, -0.15) is 0 Å². The van der Waals surface area contributed by atoms with E-state index >= 15 is 0 Å². The Morgan fingerprint density at radius 1 is 1.15 bits per heavy atom. The van der Waals surface area contributed by atoms with Gasteiger partial charge in [0.2, 0.25) is 0 Å². The molecule has 2 aliphatic rings. The highest BCUT2D eigenvalue weighted by Gasteiger charge is 2.54. The first-order chi connectivity index (χ1) is 13.2. The second-order valence-corrected chi connectivity index (χ2v) is 7.04. The van der Waals surface area contributed by atoms with Crippen LogP contribution in [0.3, 0.4) is 0 Å². The van der Waals surface area contributed by atoms with Gasteiger partial charge in [-0.15, -0.1) is 0 Å². The van der Waals surface area contributed by atoms with E-state index in [0.29, 0.717) is 26.4 Å². The molecule has 1 saturated heterocycles. The molecule has 142 valence electrons. The Morgan fingerprint density at radius 3 is 2.70 bits per heavy atom. The van der Waals surface area contributed by atoms with E-state index in [4.69, 9.17) is 14.2 Å². The van der Waals surface area contributed by atoms with Gasteiger partial charge in [0.1, 0.15) is 5.75 Å². The minimum absolute atomic E-state index is 0.159. The maximum Gasteiger partial charge on any atom is 0.292 e. The van der Waals surface area contributed by atoms with Crippen LogP contribution in [0.5, 0.6) is 5.75 Å². The summed E-state index contributed by atoms with van der Waals surface area (Å²) in [6.45, 7) is 6.19. The number of anilines is 1. The molecule has 0 unspecified atom stereocenters. The Labute approximate surface area is 159 Å². The molecule has 2 aromatic carbocycles. The first-order valence-corrected chi connectivity index (χ1v) is 9.57. The lowest BCUT2D eigenvalue weighted by atomic mass is 10.0. The van der Waals surface area contributed by atoms with Gasteiger partial charge in [-0.05, 0) is 38.0 Å². The van der Waals surface area contributed by atoms with E-state index in [9.17, 15) is 4.79 Å². The first-order valence-electron chi connectivity index (χ1n) is 9.57. The van der Waals surface area contributed by atoms with Crippen LogP contribution in [-0.2, 0) is 26.6 Å². The highest BCUT2D eigenvalue weighted by Crippen LogP contribution is 2.46. The zero-order chi connectivity index (χ0) is 18.9. The number of hydrogen-bond acceptors (Lipinski definition) is 4. The fraction of sp³-hybridized carbons (Fsp3) is 0.409. The number of aryl methyl sites for hydroxylation is 1. The molecular formula is C22H25NO4. The third-order valence-corrected chi connectivity index (χ3v) is 4.99. The van der Waals surface area contributed by atoms with E-state index in [1.54, 1.807) is 4.90 Å². The summed E-state index contributed by atoms with van der Waals surface area (Å²) in [7, 11) is 0. The predicted molar refractivity (Wildman–Crippen MR) is 103 cm³/mol. The maximum absolute atomic E-state index is 13.4. The minimum Gasteiger partial charge on any atom is -0.493 e. The summed E-state index contributed by atoms with van der Waals surface area (Å²) in [5, 5.41) is 0. The highest BCUT2D eigenvalue weighted by molar-refractivity contribution is 6.06. The zero-order valence-corrected chi connectivity index (χ0v) is 15.9. The molecule has 0 N–H and O–H groups in total. The number of para-hydroxylation sites is 1. The summed E-state index contributed by atoms with van der Waals surface area (Å²) in [4.78, 5) is 15.2. The first kappa shape index (κ1) is 18.0. The Bertz CT molecular complexity index is 842. The van der Waals surface area contributed by atoms with Crippen LogP contribution in [0.2, 0.25) is 0 Å². The molecule has 0 atom stereocenters. The number of ether oxygens (including phenoxy) is 3. The molecule has 4 rings (SSSR count). The summed E-state index contributed by atoms with van der Waals surface area (Å²) in [5.41, 5.74) is 3.70. The van der Waals surface area contributed by atoms with Gasteiger partial charge in [0.15, 0.2) is 0 Å². The van der Waals surface area contributed by atoms with Gasteiger partial charge in [0.25, 0.3) is 11.7 Å². The Kier molecular flexibility index (Phi) is 4.89. The van der Waals surface area contributed by atoms with E-state index in [2.05, 4.69) is 6.92 Å². The van der Waals surface area contributed by atoms with E-state index in [-0.39, 0.29) is 5.91 Å². The summed E-state index contributed by atoms with van der Waals surface area (Å²) < 4.78 is 17.8. The number of carbonyl (C=O) groups excluding carboxylic acids is 1. The van der Waals surface area contributed by atoms with Crippen molar-refractivity contribution in [2.75, 3.05) is 24.7 Å². The molecule has 0 saturated carbocycles. The van der Waals surface area contributed by atoms with E-state index < -0.39 is 5.79 Å². The van der Waals surface area contributed by atoms with Gasteiger partial charge in [0.05, 0.1) is 32.1 Å². The Morgan fingerprint density at radius 2 is 1.93 bits per heavy atom. The SMILES string of the molecule is CCCOc1ccccc1CN1C(=O)C2(OCCCO2)c2cc(C)ccc21.